The average Bonchev–Trinajstić information content (AvgIpc) is 2.99. The molecule has 4 heteroatoms. The van der Waals surface area contributed by atoms with Crippen molar-refractivity contribution in [2.45, 2.75) is 131 Å². The lowest BCUT2D eigenvalue weighted by atomic mass is 9.38. The number of aliphatic hydroxyl groups excluding tert-OH is 3. The summed E-state index contributed by atoms with van der Waals surface area (Å²) >= 11 is 0. The van der Waals surface area contributed by atoms with Crippen LogP contribution < -0.4 is 0 Å². The molecule has 4 nitrogen and oxygen atoms in total. The summed E-state index contributed by atoms with van der Waals surface area (Å²) in [5.74, 6) is 1.74. The molecule has 0 heterocycles. The normalized spacial score (nSPS) is 47.8. The lowest BCUT2D eigenvalue weighted by molar-refractivity contribution is -0.204. The predicted octanol–water partition coefficient (Wildman–Crippen LogP) is 5.47. The minimum atomic E-state index is -1.07. The molecule has 4 rings (SSSR count). The number of hydrogen-bond acceptors (Lipinski definition) is 4. The Hall–Kier alpha value is -0.420. The first-order valence-electron chi connectivity index (χ1n) is 14.0. The quantitative estimate of drug-likeness (QED) is 0.397. The second-order valence-corrected chi connectivity index (χ2v) is 14.6. The minimum absolute atomic E-state index is 0.0603. The molecule has 3 fully saturated rings. The van der Waals surface area contributed by atoms with E-state index in [-0.39, 0.29) is 33.9 Å². The zero-order valence-electron chi connectivity index (χ0n) is 23.1. The molecule has 0 aromatic heterocycles. The molecule has 34 heavy (non-hydrogen) atoms. The summed E-state index contributed by atoms with van der Waals surface area (Å²) in [5.41, 5.74) is 0.184. The first kappa shape index (κ1) is 26.6. The number of aliphatic hydroxyl groups is 4. The Morgan fingerprint density at radius 1 is 0.971 bits per heavy atom. The van der Waals surface area contributed by atoms with Gasteiger partial charge in [0, 0.05) is 10.8 Å². The molecule has 0 radical (unpaired) electrons. The SMILES string of the molecule is C[C@H](CC[C@@H](O)C(C)(C)O)C1CC[C@@]2(C)C3CC=C4C(CC[C@H](O)C4(C)C)[C@]3(C)[C@H](O)C[C@]12C. The van der Waals surface area contributed by atoms with Crippen molar-refractivity contribution in [1.29, 1.82) is 0 Å². The van der Waals surface area contributed by atoms with E-state index in [1.54, 1.807) is 13.8 Å². The van der Waals surface area contributed by atoms with Gasteiger partial charge in [0.05, 0.1) is 23.9 Å². The fourth-order valence-corrected chi connectivity index (χ4v) is 9.64. The molecule has 0 amide bonds. The maximum Gasteiger partial charge on any atom is 0.0849 e. The van der Waals surface area contributed by atoms with Crippen molar-refractivity contribution in [3.8, 4) is 0 Å². The highest BCUT2D eigenvalue weighted by atomic mass is 16.3. The highest BCUT2D eigenvalue weighted by Crippen LogP contribution is 2.74. The van der Waals surface area contributed by atoms with Gasteiger partial charge in [-0.3, -0.25) is 0 Å². The maximum atomic E-state index is 11.9. The third-order valence-electron chi connectivity index (χ3n) is 12.4. The first-order valence-corrected chi connectivity index (χ1v) is 14.0. The highest BCUT2D eigenvalue weighted by Gasteiger charge is 2.70. The van der Waals surface area contributed by atoms with Crippen LogP contribution >= 0.6 is 0 Å². The van der Waals surface area contributed by atoms with E-state index in [4.69, 9.17) is 0 Å². The fraction of sp³-hybridized carbons (Fsp3) is 0.933. The lowest BCUT2D eigenvalue weighted by Gasteiger charge is -2.67. The van der Waals surface area contributed by atoms with Crippen LogP contribution in [0.4, 0.5) is 0 Å². The Morgan fingerprint density at radius 3 is 2.24 bits per heavy atom. The van der Waals surface area contributed by atoms with Crippen LogP contribution in [-0.2, 0) is 0 Å². The van der Waals surface area contributed by atoms with Gasteiger partial charge in [-0.1, -0.05) is 53.2 Å². The van der Waals surface area contributed by atoms with Crippen molar-refractivity contribution in [1.82, 2.24) is 0 Å². The summed E-state index contributed by atoms with van der Waals surface area (Å²) in [5, 5.41) is 43.3. The smallest absolute Gasteiger partial charge is 0.0849 e. The number of allylic oxidation sites excluding steroid dienone is 1. The molecule has 4 N–H and O–H groups in total. The Labute approximate surface area is 208 Å². The van der Waals surface area contributed by atoms with Gasteiger partial charge in [-0.05, 0) is 99.7 Å². The Balaban J connectivity index is 1.63. The summed E-state index contributed by atoms with van der Waals surface area (Å²) in [6.07, 6.45) is 8.64. The molecular formula is C30H52O4. The number of rotatable bonds is 5. The van der Waals surface area contributed by atoms with Crippen molar-refractivity contribution in [2.24, 2.45) is 45.3 Å². The number of fused-ring (bicyclic) bond motifs is 5. The molecule has 0 spiro atoms. The standard InChI is InChI=1S/C30H52O4/c1-18(9-13-24(32)27(4,5)34)19-15-16-28(6)22-12-10-20-21(11-14-23(31)26(20,2)3)30(22,8)25(33)17-29(19,28)7/h10,18-19,21-25,31-34H,9,11-17H2,1-8H3/t18-,19?,21?,22?,23+,24-,25-,28+,29-,30+/m1/s1. The first-order chi connectivity index (χ1) is 15.5. The van der Waals surface area contributed by atoms with Crippen LogP contribution in [-0.4, -0.2) is 44.3 Å². The molecular weight excluding hydrogens is 424 g/mol. The summed E-state index contributed by atoms with van der Waals surface area (Å²) < 4.78 is 0. The average molecular weight is 477 g/mol. The summed E-state index contributed by atoms with van der Waals surface area (Å²) in [4.78, 5) is 0. The van der Waals surface area contributed by atoms with Crippen LogP contribution in [0, 0.1) is 45.3 Å². The van der Waals surface area contributed by atoms with Gasteiger partial charge in [0.25, 0.3) is 0 Å². The molecule has 0 aromatic carbocycles. The fourth-order valence-electron chi connectivity index (χ4n) is 9.64. The van der Waals surface area contributed by atoms with Gasteiger partial charge >= 0.3 is 0 Å². The van der Waals surface area contributed by atoms with Crippen LogP contribution in [0.25, 0.3) is 0 Å². The Morgan fingerprint density at radius 2 is 1.62 bits per heavy atom. The van der Waals surface area contributed by atoms with E-state index in [1.807, 2.05) is 0 Å². The Bertz CT molecular complexity index is 811. The molecule has 0 bridgehead atoms. The Kier molecular flexibility index (Phi) is 6.50. The molecule has 0 aromatic rings. The molecule has 3 unspecified atom stereocenters. The van der Waals surface area contributed by atoms with E-state index in [0.29, 0.717) is 30.1 Å². The predicted molar refractivity (Wildman–Crippen MR) is 137 cm³/mol. The van der Waals surface area contributed by atoms with Crippen molar-refractivity contribution in [3.63, 3.8) is 0 Å². The maximum absolute atomic E-state index is 11.9. The molecule has 3 saturated carbocycles. The van der Waals surface area contributed by atoms with Gasteiger partial charge < -0.3 is 20.4 Å². The van der Waals surface area contributed by atoms with Gasteiger partial charge in [0.1, 0.15) is 0 Å². The summed E-state index contributed by atoms with van der Waals surface area (Å²) in [6, 6.07) is 0. The zero-order chi connectivity index (χ0) is 25.5. The van der Waals surface area contributed by atoms with E-state index in [2.05, 4.69) is 47.6 Å². The number of hydrogen-bond donors (Lipinski definition) is 4. The van der Waals surface area contributed by atoms with Gasteiger partial charge in [0.15, 0.2) is 0 Å². The topological polar surface area (TPSA) is 80.9 Å². The molecule has 4 aliphatic rings. The van der Waals surface area contributed by atoms with Crippen molar-refractivity contribution in [2.75, 3.05) is 0 Å². The van der Waals surface area contributed by atoms with Crippen molar-refractivity contribution < 1.29 is 20.4 Å². The van der Waals surface area contributed by atoms with E-state index < -0.39 is 11.7 Å². The van der Waals surface area contributed by atoms with Gasteiger partial charge in [-0.15, -0.1) is 0 Å². The lowest BCUT2D eigenvalue weighted by Crippen LogP contribution is -2.64. The van der Waals surface area contributed by atoms with E-state index in [9.17, 15) is 20.4 Å². The third-order valence-corrected chi connectivity index (χ3v) is 12.4. The molecule has 0 saturated heterocycles. The van der Waals surface area contributed by atoms with E-state index in [0.717, 1.165) is 32.1 Å². The van der Waals surface area contributed by atoms with Gasteiger partial charge in [-0.25, -0.2) is 0 Å². The van der Waals surface area contributed by atoms with Crippen LogP contribution in [0.15, 0.2) is 11.6 Å². The molecule has 4 aliphatic carbocycles. The molecule has 0 aliphatic heterocycles. The van der Waals surface area contributed by atoms with E-state index >= 15 is 0 Å². The molecule has 196 valence electrons. The summed E-state index contributed by atoms with van der Waals surface area (Å²) in [6.45, 7) is 17.4. The second kappa shape index (κ2) is 8.30. The third kappa shape index (κ3) is 3.60. The second-order valence-electron chi connectivity index (χ2n) is 14.6. The summed E-state index contributed by atoms with van der Waals surface area (Å²) in [7, 11) is 0. The van der Waals surface area contributed by atoms with Crippen LogP contribution in [0.5, 0.6) is 0 Å². The van der Waals surface area contributed by atoms with Crippen molar-refractivity contribution >= 4 is 0 Å². The largest absolute Gasteiger partial charge is 0.393 e. The van der Waals surface area contributed by atoms with E-state index in [1.165, 1.54) is 18.4 Å². The van der Waals surface area contributed by atoms with Crippen LogP contribution in [0.2, 0.25) is 0 Å². The van der Waals surface area contributed by atoms with Crippen molar-refractivity contribution in [3.05, 3.63) is 11.6 Å². The van der Waals surface area contributed by atoms with Crippen LogP contribution in [0.3, 0.4) is 0 Å². The highest BCUT2D eigenvalue weighted by molar-refractivity contribution is 5.31. The zero-order valence-corrected chi connectivity index (χ0v) is 23.1. The monoisotopic (exact) mass is 476 g/mol. The molecule has 10 atom stereocenters. The van der Waals surface area contributed by atoms with Crippen LogP contribution in [0.1, 0.15) is 107 Å². The minimum Gasteiger partial charge on any atom is -0.393 e. The van der Waals surface area contributed by atoms with Gasteiger partial charge in [-0.2, -0.15) is 0 Å². The van der Waals surface area contributed by atoms with Gasteiger partial charge in [0.2, 0.25) is 0 Å².